The Bertz CT molecular complexity index is 1390. The first kappa shape index (κ1) is 63.1. The van der Waals surface area contributed by atoms with Gasteiger partial charge in [-0.15, -0.1) is 0 Å². The highest BCUT2D eigenvalue weighted by atomic mass is 16.6. The first-order chi connectivity index (χ1) is 33.0. The Morgan fingerprint density at radius 1 is 0.313 bits per heavy atom. The minimum Gasteiger partial charge on any atom is -0.462 e. The van der Waals surface area contributed by atoms with Gasteiger partial charge in [-0.25, -0.2) is 0 Å². The SMILES string of the molecule is CC/C=C\C/C=C\C/C=C\C/C=C\C/C=C\CCCC(=O)O[C@H](COC(=O)CCCC/C=C\C/C=C\C/C=C\C/C=C\CC)COC(=O)CCCCCCCCCCCCCCCCCCC. The van der Waals surface area contributed by atoms with E-state index in [0.717, 1.165) is 96.3 Å². The second-order valence-electron chi connectivity index (χ2n) is 17.7. The van der Waals surface area contributed by atoms with Crippen LogP contribution < -0.4 is 0 Å². The van der Waals surface area contributed by atoms with Crippen molar-refractivity contribution >= 4 is 17.9 Å². The Balaban J connectivity index is 4.53. The fourth-order valence-corrected chi connectivity index (χ4v) is 7.23. The Labute approximate surface area is 412 Å². The molecule has 0 spiro atoms. The van der Waals surface area contributed by atoms with E-state index in [1.165, 1.54) is 89.9 Å². The highest BCUT2D eigenvalue weighted by molar-refractivity contribution is 5.71. The molecule has 0 fully saturated rings. The third-order valence-corrected chi connectivity index (χ3v) is 11.3. The Morgan fingerprint density at radius 2 is 0.597 bits per heavy atom. The van der Waals surface area contributed by atoms with Gasteiger partial charge in [-0.2, -0.15) is 0 Å². The maximum absolute atomic E-state index is 12.8. The van der Waals surface area contributed by atoms with Crippen molar-refractivity contribution < 1.29 is 28.6 Å². The van der Waals surface area contributed by atoms with Crippen molar-refractivity contribution in [2.24, 2.45) is 0 Å². The van der Waals surface area contributed by atoms with Gasteiger partial charge in [0, 0.05) is 19.3 Å². The molecule has 0 radical (unpaired) electrons. The van der Waals surface area contributed by atoms with E-state index in [0.29, 0.717) is 25.7 Å². The molecule has 0 rings (SSSR count). The van der Waals surface area contributed by atoms with E-state index in [1.54, 1.807) is 0 Å². The summed E-state index contributed by atoms with van der Waals surface area (Å²) in [7, 11) is 0. The van der Waals surface area contributed by atoms with Gasteiger partial charge in [0.2, 0.25) is 0 Å². The Kier molecular flexibility index (Phi) is 51.5. The van der Waals surface area contributed by atoms with Gasteiger partial charge < -0.3 is 14.2 Å². The van der Waals surface area contributed by atoms with Gasteiger partial charge in [0.05, 0.1) is 0 Å². The summed E-state index contributed by atoms with van der Waals surface area (Å²) in [6.07, 6.45) is 73.7. The molecule has 0 unspecified atom stereocenters. The molecule has 0 saturated carbocycles. The third kappa shape index (κ3) is 52.9. The fraction of sp³-hybridized carbons (Fsp3) is 0.656. The largest absolute Gasteiger partial charge is 0.462 e. The van der Waals surface area contributed by atoms with Crippen LogP contribution in [0.3, 0.4) is 0 Å². The summed E-state index contributed by atoms with van der Waals surface area (Å²) in [5.74, 6) is -1.02. The zero-order chi connectivity index (χ0) is 48.6. The molecule has 67 heavy (non-hydrogen) atoms. The predicted octanol–water partition coefficient (Wildman–Crippen LogP) is 18.3. The van der Waals surface area contributed by atoms with Crippen molar-refractivity contribution in [2.75, 3.05) is 13.2 Å². The molecule has 1 atom stereocenters. The molecule has 6 heteroatoms. The van der Waals surface area contributed by atoms with Crippen molar-refractivity contribution in [3.8, 4) is 0 Å². The lowest BCUT2D eigenvalue weighted by Crippen LogP contribution is -2.30. The average molecular weight is 929 g/mol. The van der Waals surface area contributed by atoms with Crippen LogP contribution in [0.4, 0.5) is 0 Å². The van der Waals surface area contributed by atoms with E-state index in [1.807, 2.05) is 0 Å². The molecule has 0 aliphatic heterocycles. The van der Waals surface area contributed by atoms with Crippen molar-refractivity contribution in [3.63, 3.8) is 0 Å². The van der Waals surface area contributed by atoms with E-state index >= 15 is 0 Å². The van der Waals surface area contributed by atoms with Gasteiger partial charge in [0.1, 0.15) is 13.2 Å². The first-order valence-electron chi connectivity index (χ1n) is 27.4. The van der Waals surface area contributed by atoms with Crippen molar-refractivity contribution in [3.05, 3.63) is 109 Å². The molecular formula is C61H100O6. The minimum atomic E-state index is -0.825. The predicted molar refractivity (Wildman–Crippen MR) is 288 cm³/mol. The molecule has 0 heterocycles. The number of esters is 3. The van der Waals surface area contributed by atoms with E-state index < -0.39 is 6.10 Å². The molecule has 0 aliphatic carbocycles. The fourth-order valence-electron chi connectivity index (χ4n) is 7.23. The minimum absolute atomic E-state index is 0.114. The summed E-state index contributed by atoms with van der Waals surface area (Å²) >= 11 is 0. The molecular weight excluding hydrogens is 829 g/mol. The molecule has 0 aliphatic rings. The number of allylic oxidation sites excluding steroid dienone is 18. The molecule has 0 aromatic heterocycles. The number of unbranched alkanes of at least 4 members (excludes halogenated alkanes) is 19. The van der Waals surface area contributed by atoms with Crippen LogP contribution in [-0.4, -0.2) is 37.2 Å². The van der Waals surface area contributed by atoms with Gasteiger partial charge in [-0.1, -0.05) is 233 Å². The number of carbonyl (C=O) groups is 3. The zero-order valence-electron chi connectivity index (χ0n) is 43.4. The van der Waals surface area contributed by atoms with Crippen molar-refractivity contribution in [1.29, 1.82) is 0 Å². The van der Waals surface area contributed by atoms with Crippen LogP contribution in [0.2, 0.25) is 0 Å². The van der Waals surface area contributed by atoms with Crippen LogP contribution in [0.5, 0.6) is 0 Å². The second kappa shape index (κ2) is 54.7. The zero-order valence-corrected chi connectivity index (χ0v) is 43.4. The molecule has 0 bridgehead atoms. The second-order valence-corrected chi connectivity index (χ2v) is 17.7. The summed E-state index contributed by atoms with van der Waals surface area (Å²) in [5, 5.41) is 0. The summed E-state index contributed by atoms with van der Waals surface area (Å²) < 4.78 is 16.8. The lowest BCUT2D eigenvalue weighted by molar-refractivity contribution is -0.167. The van der Waals surface area contributed by atoms with Crippen molar-refractivity contribution in [2.45, 2.75) is 245 Å². The lowest BCUT2D eigenvalue weighted by Gasteiger charge is -2.18. The van der Waals surface area contributed by atoms with Gasteiger partial charge in [0.15, 0.2) is 6.10 Å². The molecule has 0 saturated heterocycles. The van der Waals surface area contributed by atoms with Gasteiger partial charge in [-0.05, 0) is 96.3 Å². The average Bonchev–Trinajstić information content (AvgIpc) is 3.33. The molecule has 0 aromatic rings. The summed E-state index contributed by atoms with van der Waals surface area (Å²) in [6, 6.07) is 0. The number of rotatable bonds is 48. The molecule has 380 valence electrons. The number of ether oxygens (including phenoxy) is 3. The van der Waals surface area contributed by atoms with E-state index in [4.69, 9.17) is 14.2 Å². The standard InChI is InChI=1S/C61H100O6/c1-4-7-10-13-16-19-22-25-28-30-33-36-39-42-45-48-51-54-60(63)66-57-58(56-65-59(62)53-50-47-44-41-38-35-32-27-24-21-18-15-12-9-6-3)67-61(64)55-52-49-46-43-40-37-34-31-29-26-23-20-17-14-11-8-5-2/h8-9,11-12,17-18,20-21,26-27,29,32,34,37-38,41,43,46,58H,4-7,10,13-16,19,22-25,28,30-31,33,35-36,39-40,42,44-45,47-57H2,1-3H3/b11-8-,12-9-,20-17-,21-18-,29-26-,32-27-,37-34-,41-38-,46-43-/t58-/m1/s1. The lowest BCUT2D eigenvalue weighted by atomic mass is 10.0. The van der Waals surface area contributed by atoms with Gasteiger partial charge >= 0.3 is 17.9 Å². The molecule has 6 nitrogen and oxygen atoms in total. The Morgan fingerprint density at radius 3 is 0.955 bits per heavy atom. The maximum Gasteiger partial charge on any atom is 0.306 e. The van der Waals surface area contributed by atoms with E-state index in [9.17, 15) is 14.4 Å². The summed E-state index contributed by atoms with van der Waals surface area (Å²) in [5.41, 5.74) is 0. The topological polar surface area (TPSA) is 78.9 Å². The number of hydrogen-bond donors (Lipinski definition) is 0. The van der Waals surface area contributed by atoms with Gasteiger partial charge in [0.25, 0.3) is 0 Å². The van der Waals surface area contributed by atoms with E-state index in [2.05, 4.69) is 130 Å². The first-order valence-corrected chi connectivity index (χ1v) is 27.4. The van der Waals surface area contributed by atoms with Crippen LogP contribution in [0.1, 0.15) is 239 Å². The number of carbonyl (C=O) groups excluding carboxylic acids is 3. The van der Waals surface area contributed by atoms with Crippen LogP contribution in [-0.2, 0) is 28.6 Å². The molecule has 0 amide bonds. The van der Waals surface area contributed by atoms with Crippen molar-refractivity contribution in [1.82, 2.24) is 0 Å². The smallest absolute Gasteiger partial charge is 0.306 e. The number of hydrogen-bond acceptors (Lipinski definition) is 6. The van der Waals surface area contributed by atoms with E-state index in [-0.39, 0.29) is 37.5 Å². The Hall–Kier alpha value is -3.93. The molecule has 0 N–H and O–H groups in total. The third-order valence-electron chi connectivity index (χ3n) is 11.3. The molecule has 0 aromatic carbocycles. The normalized spacial score (nSPS) is 12.9. The summed E-state index contributed by atoms with van der Waals surface area (Å²) in [6.45, 7) is 6.33. The van der Waals surface area contributed by atoms with Crippen LogP contribution >= 0.6 is 0 Å². The monoisotopic (exact) mass is 929 g/mol. The maximum atomic E-state index is 12.8. The highest BCUT2D eigenvalue weighted by Crippen LogP contribution is 2.15. The van der Waals surface area contributed by atoms with Crippen LogP contribution in [0.15, 0.2) is 109 Å². The van der Waals surface area contributed by atoms with Crippen LogP contribution in [0.25, 0.3) is 0 Å². The quantitative estimate of drug-likeness (QED) is 0.0262. The van der Waals surface area contributed by atoms with Gasteiger partial charge in [-0.3, -0.25) is 14.4 Å². The summed E-state index contributed by atoms with van der Waals surface area (Å²) in [4.78, 5) is 38.1. The van der Waals surface area contributed by atoms with Crippen LogP contribution in [0, 0.1) is 0 Å². The highest BCUT2D eigenvalue weighted by Gasteiger charge is 2.19.